The first-order valence-corrected chi connectivity index (χ1v) is 9.85. The van der Waals surface area contributed by atoms with E-state index in [1.54, 1.807) is 0 Å². The van der Waals surface area contributed by atoms with Gasteiger partial charge < -0.3 is 0 Å². The summed E-state index contributed by atoms with van der Waals surface area (Å²) in [6.45, 7) is 6.27. The van der Waals surface area contributed by atoms with Gasteiger partial charge in [-0.3, -0.25) is 9.59 Å². The summed E-state index contributed by atoms with van der Waals surface area (Å²) in [6, 6.07) is 0. The van der Waals surface area contributed by atoms with Gasteiger partial charge in [-0.05, 0) is 37.5 Å². The predicted octanol–water partition coefficient (Wildman–Crippen LogP) is 5.84. The summed E-state index contributed by atoms with van der Waals surface area (Å²) >= 11 is 0. The molecule has 1 rings (SSSR count). The van der Waals surface area contributed by atoms with Crippen LogP contribution in [-0.2, 0) is 9.59 Å². The first kappa shape index (κ1) is 21.1. The Labute approximate surface area is 147 Å². The smallest absolute Gasteiger partial charge is 0.166 e. The van der Waals surface area contributed by atoms with E-state index < -0.39 is 6.17 Å². The van der Waals surface area contributed by atoms with Gasteiger partial charge in [0.15, 0.2) is 12.0 Å². The Morgan fingerprint density at radius 3 is 2.62 bits per heavy atom. The van der Waals surface area contributed by atoms with E-state index in [9.17, 15) is 14.0 Å². The average molecular weight is 339 g/mol. The van der Waals surface area contributed by atoms with Crippen molar-refractivity contribution in [1.29, 1.82) is 0 Å². The molecule has 4 atom stereocenters. The highest BCUT2D eigenvalue weighted by atomic mass is 19.1. The van der Waals surface area contributed by atoms with Crippen molar-refractivity contribution in [1.82, 2.24) is 0 Å². The van der Waals surface area contributed by atoms with Gasteiger partial charge in [0.1, 0.15) is 5.78 Å². The van der Waals surface area contributed by atoms with Crippen LogP contribution in [0, 0.1) is 17.8 Å². The molecule has 24 heavy (non-hydrogen) atoms. The van der Waals surface area contributed by atoms with Gasteiger partial charge in [0.2, 0.25) is 0 Å². The Bertz CT molecular complexity index is 416. The lowest BCUT2D eigenvalue weighted by molar-refractivity contribution is -0.125. The van der Waals surface area contributed by atoms with E-state index in [1.165, 1.54) is 12.8 Å². The predicted molar refractivity (Wildman–Crippen MR) is 97.7 cm³/mol. The molecule has 0 radical (unpaired) electrons. The maximum absolute atomic E-state index is 13.8. The van der Waals surface area contributed by atoms with Gasteiger partial charge in [0.25, 0.3) is 0 Å². The zero-order valence-corrected chi connectivity index (χ0v) is 15.7. The summed E-state index contributed by atoms with van der Waals surface area (Å²) in [7, 11) is 0. The van der Waals surface area contributed by atoms with E-state index in [-0.39, 0.29) is 24.0 Å². The van der Waals surface area contributed by atoms with Crippen molar-refractivity contribution in [3.8, 4) is 0 Å². The highest BCUT2D eigenvalue weighted by Crippen LogP contribution is 2.39. The van der Waals surface area contributed by atoms with Gasteiger partial charge >= 0.3 is 0 Å². The molecule has 1 aliphatic rings. The van der Waals surface area contributed by atoms with Gasteiger partial charge in [-0.25, -0.2) is 4.39 Å². The molecule has 138 valence electrons. The molecule has 0 spiro atoms. The largest absolute Gasteiger partial charge is 0.299 e. The molecule has 0 aromatic rings. The van der Waals surface area contributed by atoms with Crippen LogP contribution in [0.3, 0.4) is 0 Å². The van der Waals surface area contributed by atoms with Crippen molar-refractivity contribution < 1.29 is 14.0 Å². The number of hydrogen-bond acceptors (Lipinski definition) is 2. The fourth-order valence-corrected chi connectivity index (χ4v) is 3.74. The lowest BCUT2D eigenvalue weighted by Crippen LogP contribution is -2.21. The van der Waals surface area contributed by atoms with Crippen LogP contribution in [0.1, 0.15) is 85.0 Å². The van der Waals surface area contributed by atoms with Crippen LogP contribution in [0.25, 0.3) is 0 Å². The molecule has 4 unspecified atom stereocenters. The molecule has 0 amide bonds. The highest BCUT2D eigenvalue weighted by Gasteiger charge is 2.39. The van der Waals surface area contributed by atoms with E-state index in [2.05, 4.69) is 26.0 Å². The lowest BCUT2D eigenvalue weighted by atomic mass is 9.83. The molecule has 0 heterocycles. The van der Waals surface area contributed by atoms with Crippen LogP contribution in [0.4, 0.5) is 4.39 Å². The normalized spacial score (nSPS) is 25.5. The van der Waals surface area contributed by atoms with E-state index in [0.29, 0.717) is 31.0 Å². The van der Waals surface area contributed by atoms with Crippen molar-refractivity contribution in [2.45, 2.75) is 91.2 Å². The third-order valence-electron chi connectivity index (χ3n) is 5.35. The minimum atomic E-state index is -1.32. The number of carbonyl (C=O) groups excluding carboxylic acids is 2. The van der Waals surface area contributed by atoms with Crippen LogP contribution in [-0.4, -0.2) is 17.7 Å². The summed E-state index contributed by atoms with van der Waals surface area (Å²) in [6.07, 6.45) is 10.8. The fraction of sp³-hybridized carbons (Fsp3) is 0.810. The Balaban J connectivity index is 2.48. The second-order valence-corrected chi connectivity index (χ2v) is 7.38. The van der Waals surface area contributed by atoms with Crippen LogP contribution in [0.2, 0.25) is 0 Å². The number of alkyl halides is 1. The molecule has 0 N–H and O–H groups in total. The minimum Gasteiger partial charge on any atom is -0.299 e. The number of unbranched alkanes of at least 4 members (excludes halogenated alkanes) is 3. The first-order chi connectivity index (χ1) is 11.5. The maximum Gasteiger partial charge on any atom is 0.166 e. The van der Waals surface area contributed by atoms with Crippen molar-refractivity contribution in [2.24, 2.45) is 17.8 Å². The Morgan fingerprint density at radius 1 is 1.25 bits per heavy atom. The topological polar surface area (TPSA) is 34.1 Å². The van der Waals surface area contributed by atoms with Crippen LogP contribution in [0.15, 0.2) is 12.2 Å². The molecule has 2 nitrogen and oxygen atoms in total. The van der Waals surface area contributed by atoms with E-state index in [0.717, 1.165) is 25.7 Å². The highest BCUT2D eigenvalue weighted by molar-refractivity contribution is 5.85. The second kappa shape index (κ2) is 11.5. The Hall–Kier alpha value is -0.990. The number of Topliss-reactive ketones (excluding diaryl/α,β-unsaturated/α-hetero) is 2. The number of hydrogen-bond donors (Lipinski definition) is 0. The molecule has 0 saturated heterocycles. The molecule has 1 fully saturated rings. The quantitative estimate of drug-likeness (QED) is 0.331. The first-order valence-electron chi connectivity index (χ1n) is 9.85. The van der Waals surface area contributed by atoms with Crippen LogP contribution < -0.4 is 0 Å². The standard InChI is InChI=1S/C21H35FO2/c1-4-6-8-9-10-11-18-17(16(3)15-21(18)24)13-14-20(23)19(22)12-7-5-2/h9-10,16-19H,4-8,11-15H2,1-3H3/b10-9+. The van der Waals surface area contributed by atoms with Gasteiger partial charge in [0, 0.05) is 18.8 Å². The number of ketones is 2. The Kier molecular flexibility index (Phi) is 10.1. The zero-order valence-electron chi connectivity index (χ0n) is 15.7. The van der Waals surface area contributed by atoms with Crippen LogP contribution in [0.5, 0.6) is 0 Å². The van der Waals surface area contributed by atoms with E-state index in [4.69, 9.17) is 0 Å². The number of carbonyl (C=O) groups is 2. The van der Waals surface area contributed by atoms with Crippen LogP contribution >= 0.6 is 0 Å². The summed E-state index contributed by atoms with van der Waals surface area (Å²) < 4.78 is 13.8. The third kappa shape index (κ3) is 6.86. The SMILES string of the molecule is CCCC/C=C/CC1C(=O)CC(C)C1CCC(=O)C(F)CCCC. The number of allylic oxidation sites excluding steroid dienone is 2. The molecule has 1 aliphatic carbocycles. The number of rotatable bonds is 12. The van der Waals surface area contributed by atoms with Gasteiger partial charge in [0.05, 0.1) is 0 Å². The number of halogens is 1. The molecule has 3 heteroatoms. The van der Waals surface area contributed by atoms with E-state index >= 15 is 0 Å². The molecule has 0 aliphatic heterocycles. The maximum atomic E-state index is 13.8. The average Bonchev–Trinajstić information content (AvgIpc) is 2.83. The van der Waals surface area contributed by atoms with Crippen molar-refractivity contribution >= 4 is 11.6 Å². The summed E-state index contributed by atoms with van der Waals surface area (Å²) in [5, 5.41) is 0. The van der Waals surface area contributed by atoms with Crippen molar-refractivity contribution in [2.75, 3.05) is 0 Å². The minimum absolute atomic E-state index is 0.0272. The molecular formula is C21H35FO2. The molecule has 0 bridgehead atoms. The fourth-order valence-electron chi connectivity index (χ4n) is 3.74. The van der Waals surface area contributed by atoms with Crippen molar-refractivity contribution in [3.63, 3.8) is 0 Å². The van der Waals surface area contributed by atoms with E-state index in [1.807, 2.05) is 6.92 Å². The van der Waals surface area contributed by atoms with Crippen molar-refractivity contribution in [3.05, 3.63) is 12.2 Å². The van der Waals surface area contributed by atoms with Gasteiger partial charge in [-0.15, -0.1) is 0 Å². The van der Waals surface area contributed by atoms with Gasteiger partial charge in [-0.1, -0.05) is 58.6 Å². The molecule has 0 aromatic carbocycles. The summed E-state index contributed by atoms with van der Waals surface area (Å²) in [4.78, 5) is 24.2. The summed E-state index contributed by atoms with van der Waals surface area (Å²) in [5.74, 6) is 0.623. The monoisotopic (exact) mass is 338 g/mol. The molecular weight excluding hydrogens is 303 g/mol. The second-order valence-electron chi connectivity index (χ2n) is 7.38. The molecule has 0 aromatic heterocycles. The third-order valence-corrected chi connectivity index (χ3v) is 5.35. The Morgan fingerprint density at radius 2 is 1.96 bits per heavy atom. The lowest BCUT2D eigenvalue weighted by Gasteiger charge is -2.21. The van der Waals surface area contributed by atoms with Gasteiger partial charge in [-0.2, -0.15) is 0 Å². The molecule has 1 saturated carbocycles. The summed E-state index contributed by atoms with van der Waals surface area (Å²) in [5.41, 5.74) is 0. The zero-order chi connectivity index (χ0) is 17.9.